The van der Waals surface area contributed by atoms with Crippen LogP contribution >= 0.6 is 11.6 Å². The summed E-state index contributed by atoms with van der Waals surface area (Å²) >= 11 is 7.07. The minimum Gasteiger partial charge on any atom is -0.475 e. The van der Waals surface area contributed by atoms with Gasteiger partial charge in [0, 0.05) is 11.3 Å². The third-order valence-electron chi connectivity index (χ3n) is 8.42. The summed E-state index contributed by atoms with van der Waals surface area (Å²) in [4.78, 5) is 34.3. The van der Waals surface area contributed by atoms with Gasteiger partial charge >= 0.3 is 5.97 Å². The summed E-state index contributed by atoms with van der Waals surface area (Å²) < 4.78 is 31.2. The van der Waals surface area contributed by atoms with E-state index in [9.17, 15) is 19.5 Å². The average molecular weight is 427 g/mol. The first kappa shape index (κ1) is 20.7. The van der Waals surface area contributed by atoms with Gasteiger partial charge in [-0.05, 0) is 60.2 Å². The van der Waals surface area contributed by atoms with E-state index >= 15 is 8.78 Å². The molecule has 3 saturated carbocycles. The number of hydrogen-bond acceptors (Lipinski definition) is 3. The molecule has 0 aromatic carbocycles. The Labute approximate surface area is 173 Å². The van der Waals surface area contributed by atoms with Crippen molar-refractivity contribution >= 4 is 29.1 Å². The zero-order chi connectivity index (χ0) is 21.5. The lowest BCUT2D eigenvalue weighted by Crippen LogP contribution is -2.66. The molecule has 3 fully saturated rings. The quantitative estimate of drug-likeness (QED) is 0.533. The standard InChI is InChI=1S/C22H25ClF2O4/c1-10-6-12-13-8-15(24)14-7-11(26)4-5-21(14,3)22(13,23)16(25)9-20(12,2)17(10)18(27)19(28)29/h4-5,7,10,12-13,15-17H,6,8-9H2,1-3H3,(H,28,29)/t10?,12-,13-,15?,16?,17+,20-,21-,22-/m0/s1. The van der Waals surface area contributed by atoms with Gasteiger partial charge in [-0.3, -0.25) is 9.59 Å². The van der Waals surface area contributed by atoms with Crippen molar-refractivity contribution < 1.29 is 28.3 Å². The lowest BCUT2D eigenvalue weighted by molar-refractivity contribution is -0.156. The van der Waals surface area contributed by atoms with Crippen molar-refractivity contribution in [1.82, 2.24) is 0 Å². The topological polar surface area (TPSA) is 71.4 Å². The van der Waals surface area contributed by atoms with Gasteiger partial charge in [0.25, 0.3) is 0 Å². The first-order valence-electron chi connectivity index (χ1n) is 10.1. The molecule has 158 valence electrons. The molecule has 1 N–H and O–H groups in total. The molecular weight excluding hydrogens is 402 g/mol. The fourth-order valence-corrected chi connectivity index (χ4v) is 7.69. The van der Waals surface area contributed by atoms with Gasteiger partial charge < -0.3 is 5.11 Å². The van der Waals surface area contributed by atoms with Crippen LogP contribution in [-0.2, 0) is 14.4 Å². The van der Waals surface area contributed by atoms with Crippen molar-refractivity contribution in [3.8, 4) is 0 Å². The summed E-state index contributed by atoms with van der Waals surface area (Å²) in [6, 6.07) is 0. The molecule has 0 saturated heterocycles. The van der Waals surface area contributed by atoms with Crippen LogP contribution in [0.4, 0.5) is 8.78 Å². The fraction of sp³-hybridized carbons (Fsp3) is 0.682. The molecule has 0 heterocycles. The molecule has 9 atom stereocenters. The van der Waals surface area contributed by atoms with Gasteiger partial charge in [0.05, 0.1) is 4.87 Å². The maximum absolute atomic E-state index is 15.9. The minimum absolute atomic E-state index is 0.0343. The molecule has 7 heteroatoms. The van der Waals surface area contributed by atoms with E-state index in [0.717, 1.165) is 0 Å². The Morgan fingerprint density at radius 1 is 1.21 bits per heavy atom. The van der Waals surface area contributed by atoms with Crippen LogP contribution in [0.25, 0.3) is 0 Å². The third-order valence-corrected chi connectivity index (χ3v) is 9.33. The van der Waals surface area contributed by atoms with Crippen LogP contribution in [0.5, 0.6) is 0 Å². The number of alkyl halides is 3. The smallest absolute Gasteiger partial charge is 0.372 e. The van der Waals surface area contributed by atoms with Crippen LogP contribution < -0.4 is 0 Å². The monoisotopic (exact) mass is 426 g/mol. The van der Waals surface area contributed by atoms with Crippen molar-refractivity contribution in [1.29, 1.82) is 0 Å². The molecular formula is C22H25ClF2O4. The van der Waals surface area contributed by atoms with E-state index in [1.165, 1.54) is 18.2 Å². The molecule has 4 aliphatic carbocycles. The van der Waals surface area contributed by atoms with Crippen LogP contribution in [0.15, 0.2) is 23.8 Å². The van der Waals surface area contributed by atoms with Gasteiger partial charge in [-0.1, -0.05) is 26.8 Å². The van der Waals surface area contributed by atoms with Crippen molar-refractivity contribution in [3.05, 3.63) is 23.8 Å². The summed E-state index contributed by atoms with van der Waals surface area (Å²) in [5.74, 6) is -4.70. The van der Waals surface area contributed by atoms with Crippen LogP contribution in [0.3, 0.4) is 0 Å². The van der Waals surface area contributed by atoms with Crippen molar-refractivity contribution in [3.63, 3.8) is 0 Å². The predicted octanol–water partition coefficient (Wildman–Crippen LogP) is 4.07. The molecule has 0 bridgehead atoms. The molecule has 0 radical (unpaired) electrons. The number of carboxylic acid groups (broad SMARTS) is 1. The Kier molecular flexibility index (Phi) is 4.44. The molecule has 0 amide bonds. The van der Waals surface area contributed by atoms with Gasteiger partial charge in [-0.25, -0.2) is 13.6 Å². The largest absolute Gasteiger partial charge is 0.475 e. The summed E-state index contributed by atoms with van der Waals surface area (Å²) in [7, 11) is 0. The summed E-state index contributed by atoms with van der Waals surface area (Å²) in [5, 5.41) is 9.30. The van der Waals surface area contributed by atoms with E-state index in [2.05, 4.69) is 0 Å². The highest BCUT2D eigenvalue weighted by atomic mass is 35.5. The number of fused-ring (bicyclic) bond motifs is 5. The number of aliphatic carboxylic acids is 1. The first-order valence-corrected chi connectivity index (χ1v) is 10.4. The SMILES string of the molecule is CC1C[C@H]2[C@@H]3CC(F)C4=CC(=O)C=C[C@]4(C)[C@@]3(Cl)C(F)C[C@]2(C)[C@H]1C(=O)C(=O)O. The lowest BCUT2D eigenvalue weighted by atomic mass is 9.46. The van der Waals surface area contributed by atoms with Crippen LogP contribution in [0, 0.1) is 34.5 Å². The van der Waals surface area contributed by atoms with Gasteiger partial charge in [0.2, 0.25) is 5.78 Å². The first-order chi connectivity index (χ1) is 13.4. The Hall–Kier alpha value is -1.56. The number of ketones is 2. The molecule has 0 aromatic rings. The van der Waals surface area contributed by atoms with Crippen molar-refractivity contribution in [2.45, 2.75) is 57.3 Å². The maximum Gasteiger partial charge on any atom is 0.372 e. The number of Topliss-reactive ketones (excluding diaryl/α,β-unsaturated/α-hetero) is 1. The van der Waals surface area contributed by atoms with Crippen LogP contribution in [0.1, 0.15) is 40.0 Å². The van der Waals surface area contributed by atoms with Gasteiger partial charge in [-0.2, -0.15) is 0 Å². The molecule has 4 rings (SSSR count). The highest BCUT2D eigenvalue weighted by molar-refractivity contribution is 6.34. The van der Waals surface area contributed by atoms with E-state index < -0.39 is 51.6 Å². The highest BCUT2D eigenvalue weighted by Gasteiger charge is 2.72. The summed E-state index contributed by atoms with van der Waals surface area (Å²) in [6.07, 6.45) is 1.46. The number of halogens is 3. The highest BCUT2D eigenvalue weighted by Crippen LogP contribution is 2.71. The van der Waals surface area contributed by atoms with E-state index in [4.69, 9.17) is 11.6 Å². The molecule has 4 nitrogen and oxygen atoms in total. The maximum atomic E-state index is 15.9. The van der Waals surface area contributed by atoms with Crippen molar-refractivity contribution in [2.24, 2.45) is 34.5 Å². The summed E-state index contributed by atoms with van der Waals surface area (Å²) in [5.41, 5.74) is -1.85. The zero-order valence-electron chi connectivity index (χ0n) is 16.6. The Bertz CT molecular complexity index is 869. The predicted molar refractivity (Wildman–Crippen MR) is 103 cm³/mol. The lowest BCUT2D eigenvalue weighted by Gasteiger charge is -2.62. The normalized spacial score (nSPS) is 51.0. The van der Waals surface area contributed by atoms with Gasteiger partial charge in [-0.15, -0.1) is 11.6 Å². The molecule has 0 aliphatic heterocycles. The second-order valence-electron chi connectivity index (χ2n) is 9.76. The van der Waals surface area contributed by atoms with Gasteiger partial charge in [0.15, 0.2) is 5.78 Å². The number of carbonyl (C=O) groups excluding carboxylic acids is 2. The Morgan fingerprint density at radius 3 is 2.48 bits per heavy atom. The van der Waals surface area contributed by atoms with E-state index in [-0.39, 0.29) is 36.0 Å². The van der Waals surface area contributed by atoms with E-state index in [1.807, 2.05) is 0 Å². The molecule has 0 spiro atoms. The molecule has 29 heavy (non-hydrogen) atoms. The van der Waals surface area contributed by atoms with E-state index in [1.54, 1.807) is 20.8 Å². The van der Waals surface area contributed by atoms with Crippen LogP contribution in [-0.4, -0.2) is 39.9 Å². The molecule has 3 unspecified atom stereocenters. The average Bonchev–Trinajstić information content (AvgIpc) is 2.89. The zero-order valence-corrected chi connectivity index (χ0v) is 17.4. The summed E-state index contributed by atoms with van der Waals surface area (Å²) in [6.45, 7) is 5.25. The Morgan fingerprint density at radius 2 is 1.86 bits per heavy atom. The number of rotatable bonds is 2. The second-order valence-corrected chi connectivity index (χ2v) is 10.4. The van der Waals surface area contributed by atoms with Crippen molar-refractivity contribution in [2.75, 3.05) is 0 Å². The van der Waals surface area contributed by atoms with Gasteiger partial charge in [0.1, 0.15) is 12.3 Å². The number of carbonyl (C=O) groups is 3. The minimum atomic E-state index is -1.58. The molecule has 0 aromatic heterocycles. The second kappa shape index (κ2) is 6.22. The number of hydrogen-bond donors (Lipinski definition) is 1. The number of allylic oxidation sites excluding steroid dienone is 4. The third kappa shape index (κ3) is 2.44. The van der Waals surface area contributed by atoms with Crippen LogP contribution in [0.2, 0.25) is 0 Å². The Balaban J connectivity index is 1.84. The number of carboxylic acids is 1. The van der Waals surface area contributed by atoms with E-state index in [0.29, 0.717) is 6.42 Å². The molecule has 4 aliphatic rings. The fourth-order valence-electron chi connectivity index (χ4n) is 7.20.